The zero-order valence-electron chi connectivity index (χ0n) is 9.03. The molecule has 0 aromatic carbocycles. The molecule has 1 heterocycles. The molecule has 1 aliphatic heterocycles. The maximum absolute atomic E-state index is 11.7. The van der Waals surface area contributed by atoms with Crippen LogP contribution in [0, 0.1) is 0 Å². The predicted octanol–water partition coefficient (Wildman–Crippen LogP) is 0.0616. The highest BCUT2D eigenvalue weighted by Gasteiger charge is 2.26. The Hall–Kier alpha value is -1.10. The summed E-state index contributed by atoms with van der Waals surface area (Å²) < 4.78 is 0. The van der Waals surface area contributed by atoms with Crippen molar-refractivity contribution in [3.63, 3.8) is 0 Å². The van der Waals surface area contributed by atoms with Crippen LogP contribution in [0.2, 0.25) is 0 Å². The summed E-state index contributed by atoms with van der Waals surface area (Å²) in [5, 5.41) is 11.4. The second-order valence-electron chi connectivity index (χ2n) is 3.72. The van der Waals surface area contributed by atoms with Crippen LogP contribution in [0.5, 0.6) is 0 Å². The molecule has 2 N–H and O–H groups in total. The monoisotopic (exact) mass is 214 g/mol. The predicted molar refractivity (Wildman–Crippen MR) is 55.5 cm³/mol. The van der Waals surface area contributed by atoms with Crippen LogP contribution in [0.15, 0.2) is 0 Å². The number of rotatable bonds is 4. The molecule has 1 amide bonds. The minimum atomic E-state index is -0.844. The Morgan fingerprint density at radius 3 is 3.00 bits per heavy atom. The normalized spacial score (nSPS) is 23.3. The molecule has 0 bridgehead atoms. The van der Waals surface area contributed by atoms with Crippen molar-refractivity contribution < 1.29 is 14.7 Å². The summed E-state index contributed by atoms with van der Waals surface area (Å²) in [6.07, 6.45) is 1.38. The lowest BCUT2D eigenvalue weighted by Gasteiger charge is -2.26. The van der Waals surface area contributed by atoms with Gasteiger partial charge in [-0.2, -0.15) is 0 Å². The fraction of sp³-hybridized carbons (Fsp3) is 0.800. The number of amides is 1. The van der Waals surface area contributed by atoms with E-state index in [1.807, 2.05) is 11.8 Å². The third kappa shape index (κ3) is 3.51. The summed E-state index contributed by atoms with van der Waals surface area (Å²) in [6, 6.07) is -0.270. The van der Waals surface area contributed by atoms with Gasteiger partial charge in [0.05, 0.1) is 6.04 Å². The molecule has 1 atom stereocenters. The highest BCUT2D eigenvalue weighted by Crippen LogP contribution is 2.10. The summed E-state index contributed by atoms with van der Waals surface area (Å²) >= 11 is 0. The van der Waals surface area contributed by atoms with Gasteiger partial charge in [-0.05, 0) is 19.4 Å². The van der Waals surface area contributed by atoms with Crippen LogP contribution in [-0.4, -0.2) is 47.6 Å². The fourth-order valence-electron chi connectivity index (χ4n) is 1.89. The van der Waals surface area contributed by atoms with Gasteiger partial charge in [-0.25, -0.2) is 0 Å². The lowest BCUT2D eigenvalue weighted by atomic mass is 10.1. The molecular weight excluding hydrogens is 196 g/mol. The van der Waals surface area contributed by atoms with E-state index in [1.165, 1.54) is 0 Å². The number of carboxylic acids is 1. The molecule has 0 aromatic rings. The molecule has 0 saturated carbocycles. The Morgan fingerprint density at radius 1 is 1.67 bits per heavy atom. The molecule has 5 heteroatoms. The third-order valence-corrected chi connectivity index (χ3v) is 2.70. The van der Waals surface area contributed by atoms with Crippen LogP contribution < -0.4 is 5.32 Å². The number of likely N-dealkylation sites (N-methyl/N-ethyl adjacent to an activating group) is 1. The molecule has 0 aromatic heterocycles. The van der Waals surface area contributed by atoms with Gasteiger partial charge in [-0.1, -0.05) is 6.92 Å². The van der Waals surface area contributed by atoms with Crippen molar-refractivity contribution in [1.82, 2.24) is 10.2 Å². The molecule has 15 heavy (non-hydrogen) atoms. The molecule has 0 radical (unpaired) electrons. The van der Waals surface area contributed by atoms with Crippen LogP contribution in [0.3, 0.4) is 0 Å². The molecule has 1 rings (SSSR count). The first kappa shape index (κ1) is 12.0. The molecule has 1 aliphatic rings. The highest BCUT2D eigenvalue weighted by molar-refractivity contribution is 5.82. The third-order valence-electron chi connectivity index (χ3n) is 2.70. The maximum atomic E-state index is 11.7. The second-order valence-corrected chi connectivity index (χ2v) is 3.72. The standard InChI is InChI=1S/C10H18N2O3/c1-2-12-7-3-6-11-10(15)8(12)4-5-9(13)14/h8H,2-7H2,1H3,(H,11,15)(H,13,14). The summed E-state index contributed by atoms with van der Waals surface area (Å²) in [5.74, 6) is -0.876. The molecule has 0 spiro atoms. The molecule has 1 unspecified atom stereocenters. The SMILES string of the molecule is CCN1CCCNC(=O)C1CCC(=O)O. The van der Waals surface area contributed by atoms with E-state index >= 15 is 0 Å². The average Bonchev–Trinajstić information content (AvgIpc) is 2.37. The zero-order chi connectivity index (χ0) is 11.3. The summed E-state index contributed by atoms with van der Waals surface area (Å²) in [6.45, 7) is 4.34. The number of hydrogen-bond donors (Lipinski definition) is 2. The Morgan fingerprint density at radius 2 is 2.40 bits per heavy atom. The molecule has 5 nitrogen and oxygen atoms in total. The van der Waals surface area contributed by atoms with Gasteiger partial charge in [0.1, 0.15) is 0 Å². The summed E-state index contributed by atoms with van der Waals surface area (Å²) in [4.78, 5) is 24.2. The maximum Gasteiger partial charge on any atom is 0.303 e. The van der Waals surface area contributed by atoms with Crippen molar-refractivity contribution in [2.45, 2.75) is 32.2 Å². The quantitative estimate of drug-likeness (QED) is 0.694. The van der Waals surface area contributed by atoms with E-state index in [-0.39, 0.29) is 18.4 Å². The van der Waals surface area contributed by atoms with Crippen molar-refractivity contribution in [2.75, 3.05) is 19.6 Å². The molecule has 86 valence electrons. The number of nitrogens with zero attached hydrogens (tertiary/aromatic N) is 1. The zero-order valence-corrected chi connectivity index (χ0v) is 9.03. The first-order chi connectivity index (χ1) is 7.15. The van der Waals surface area contributed by atoms with Gasteiger partial charge in [0.25, 0.3) is 0 Å². The van der Waals surface area contributed by atoms with E-state index in [0.717, 1.165) is 19.5 Å². The topological polar surface area (TPSA) is 69.6 Å². The van der Waals surface area contributed by atoms with Crippen LogP contribution in [-0.2, 0) is 9.59 Å². The summed E-state index contributed by atoms with van der Waals surface area (Å²) in [5.41, 5.74) is 0. The first-order valence-electron chi connectivity index (χ1n) is 5.38. The van der Waals surface area contributed by atoms with Crippen molar-refractivity contribution in [1.29, 1.82) is 0 Å². The van der Waals surface area contributed by atoms with Crippen molar-refractivity contribution in [3.05, 3.63) is 0 Å². The van der Waals surface area contributed by atoms with Gasteiger partial charge in [0.2, 0.25) is 5.91 Å². The smallest absolute Gasteiger partial charge is 0.303 e. The molecule has 1 fully saturated rings. The Kier molecular flexibility index (Phi) is 4.55. The van der Waals surface area contributed by atoms with Gasteiger partial charge < -0.3 is 10.4 Å². The Labute approximate surface area is 89.4 Å². The largest absolute Gasteiger partial charge is 0.481 e. The van der Waals surface area contributed by atoms with Gasteiger partial charge in [-0.15, -0.1) is 0 Å². The number of hydrogen-bond acceptors (Lipinski definition) is 3. The van der Waals surface area contributed by atoms with E-state index in [2.05, 4.69) is 5.32 Å². The number of aliphatic carboxylic acids is 1. The van der Waals surface area contributed by atoms with Crippen molar-refractivity contribution in [3.8, 4) is 0 Å². The van der Waals surface area contributed by atoms with Crippen molar-refractivity contribution >= 4 is 11.9 Å². The lowest BCUT2D eigenvalue weighted by molar-refractivity contribution is -0.137. The van der Waals surface area contributed by atoms with E-state index in [0.29, 0.717) is 13.0 Å². The van der Waals surface area contributed by atoms with E-state index in [4.69, 9.17) is 5.11 Å². The van der Waals surface area contributed by atoms with Crippen LogP contribution in [0.25, 0.3) is 0 Å². The Bertz CT molecular complexity index is 243. The number of carboxylic acid groups (broad SMARTS) is 1. The number of carbonyl (C=O) groups is 2. The molecular formula is C10H18N2O3. The van der Waals surface area contributed by atoms with Crippen LogP contribution in [0.1, 0.15) is 26.2 Å². The van der Waals surface area contributed by atoms with Gasteiger partial charge in [0, 0.05) is 19.5 Å². The Balaban J connectivity index is 2.59. The summed E-state index contributed by atoms with van der Waals surface area (Å²) in [7, 11) is 0. The number of nitrogens with one attached hydrogen (secondary N) is 1. The van der Waals surface area contributed by atoms with Crippen LogP contribution in [0.4, 0.5) is 0 Å². The minimum Gasteiger partial charge on any atom is -0.481 e. The molecule has 0 aliphatic carbocycles. The molecule has 1 saturated heterocycles. The van der Waals surface area contributed by atoms with Gasteiger partial charge in [-0.3, -0.25) is 14.5 Å². The number of carbonyl (C=O) groups excluding carboxylic acids is 1. The highest BCUT2D eigenvalue weighted by atomic mass is 16.4. The van der Waals surface area contributed by atoms with Gasteiger partial charge >= 0.3 is 5.97 Å². The lowest BCUT2D eigenvalue weighted by Crippen LogP contribution is -2.44. The second kappa shape index (κ2) is 5.70. The van der Waals surface area contributed by atoms with E-state index < -0.39 is 5.97 Å². The first-order valence-corrected chi connectivity index (χ1v) is 5.38. The van der Waals surface area contributed by atoms with E-state index in [1.54, 1.807) is 0 Å². The van der Waals surface area contributed by atoms with Gasteiger partial charge in [0.15, 0.2) is 0 Å². The average molecular weight is 214 g/mol. The van der Waals surface area contributed by atoms with E-state index in [9.17, 15) is 9.59 Å². The van der Waals surface area contributed by atoms with Crippen molar-refractivity contribution in [2.24, 2.45) is 0 Å². The van der Waals surface area contributed by atoms with Crippen LogP contribution >= 0.6 is 0 Å². The minimum absolute atomic E-state index is 0.0319. The fourth-order valence-corrected chi connectivity index (χ4v) is 1.89.